The molecule has 0 aliphatic rings. The number of hydrogen-bond donors (Lipinski definition) is 2. The third kappa shape index (κ3) is 3.21. The average Bonchev–Trinajstić information content (AvgIpc) is 1.89. The van der Waals surface area contributed by atoms with Crippen molar-refractivity contribution in [2.45, 2.75) is 0 Å². The zero-order valence-electron chi connectivity index (χ0n) is 4.95. The number of rotatable bonds is 3. The minimum absolute atomic E-state index is 0.0527. The van der Waals surface area contributed by atoms with E-state index >= 15 is 0 Å². The fourth-order valence-electron chi connectivity index (χ4n) is 0.278. The van der Waals surface area contributed by atoms with E-state index in [2.05, 4.69) is 0 Å². The molecule has 0 aromatic rings. The number of carbonyl (C=O) groups excluding carboxylic acids is 1. The van der Waals surface area contributed by atoms with Crippen LogP contribution in [0.3, 0.4) is 0 Å². The topological polar surface area (TPSA) is 82.0 Å². The molecular formula is C3H6ClN3O3. The van der Waals surface area contributed by atoms with Crippen molar-refractivity contribution in [1.82, 2.24) is 10.5 Å². The summed E-state index contributed by atoms with van der Waals surface area (Å²) < 4.78 is 0. The molecule has 0 saturated carbocycles. The minimum atomic E-state index is -0.990. The lowest BCUT2D eigenvalue weighted by atomic mass is 10.7. The molecule has 10 heavy (non-hydrogen) atoms. The fourth-order valence-corrected chi connectivity index (χ4v) is 0.438. The van der Waals surface area contributed by atoms with Crippen LogP contribution in [0.25, 0.3) is 0 Å². The van der Waals surface area contributed by atoms with Gasteiger partial charge in [0.2, 0.25) is 0 Å². The summed E-state index contributed by atoms with van der Waals surface area (Å²) >= 11 is 5.15. The average molecular weight is 168 g/mol. The zero-order chi connectivity index (χ0) is 7.98. The number of carbonyl (C=O) groups is 1. The summed E-state index contributed by atoms with van der Waals surface area (Å²) in [5.74, 6) is 0.0861. The van der Waals surface area contributed by atoms with Crippen LogP contribution >= 0.6 is 11.6 Å². The molecule has 6 nitrogen and oxygen atoms in total. The molecule has 0 bridgehead atoms. The molecule has 0 unspecified atom stereocenters. The van der Waals surface area contributed by atoms with E-state index in [1.54, 1.807) is 0 Å². The van der Waals surface area contributed by atoms with Gasteiger partial charge in [-0.3, -0.25) is 5.21 Å². The third-order valence-electron chi connectivity index (χ3n) is 0.672. The maximum Gasteiger partial charge on any atom is 0.364 e. The monoisotopic (exact) mass is 167 g/mol. The molecule has 0 rings (SSSR count). The van der Waals surface area contributed by atoms with Gasteiger partial charge in [-0.2, -0.15) is 5.43 Å². The Morgan fingerprint density at radius 2 is 2.40 bits per heavy atom. The van der Waals surface area contributed by atoms with Crippen molar-refractivity contribution < 1.29 is 10.0 Å². The molecule has 7 heteroatoms. The van der Waals surface area contributed by atoms with Crippen molar-refractivity contribution >= 4 is 17.6 Å². The first-order valence-corrected chi connectivity index (χ1v) is 2.90. The minimum Gasteiger partial charge on any atom is -0.284 e. The van der Waals surface area contributed by atoms with Crippen LogP contribution in [0.15, 0.2) is 5.29 Å². The van der Waals surface area contributed by atoms with Gasteiger partial charge in [0.25, 0.3) is 0 Å². The molecule has 2 amide bonds. The van der Waals surface area contributed by atoms with Crippen molar-refractivity contribution in [3.63, 3.8) is 0 Å². The Hall–Kier alpha value is -0.880. The van der Waals surface area contributed by atoms with E-state index in [-0.39, 0.29) is 17.5 Å². The molecule has 58 valence electrons. The lowest BCUT2D eigenvalue weighted by molar-refractivity contribution is -0.0376. The lowest BCUT2D eigenvalue weighted by Gasteiger charge is -2.09. The smallest absolute Gasteiger partial charge is 0.284 e. The van der Waals surface area contributed by atoms with Crippen molar-refractivity contribution in [1.29, 1.82) is 0 Å². The van der Waals surface area contributed by atoms with Crippen molar-refractivity contribution in [2.24, 2.45) is 5.29 Å². The van der Waals surface area contributed by atoms with Gasteiger partial charge in [-0.05, 0) is 0 Å². The lowest BCUT2D eigenvalue weighted by Crippen LogP contribution is -2.35. The number of alkyl halides is 1. The molecular weight excluding hydrogens is 162 g/mol. The molecule has 0 radical (unpaired) electrons. The van der Waals surface area contributed by atoms with Crippen LogP contribution in [0, 0.1) is 4.91 Å². The molecule has 0 aliphatic carbocycles. The second-order valence-corrected chi connectivity index (χ2v) is 1.70. The summed E-state index contributed by atoms with van der Waals surface area (Å²) in [6, 6.07) is -0.990. The molecule has 0 aromatic carbocycles. The highest BCUT2D eigenvalue weighted by Gasteiger charge is 2.07. The number of hydroxylamine groups is 2. The van der Waals surface area contributed by atoms with Gasteiger partial charge in [-0.25, -0.2) is 9.86 Å². The Labute approximate surface area is 61.7 Å². The molecule has 0 fully saturated rings. The van der Waals surface area contributed by atoms with Gasteiger partial charge in [-0.15, -0.1) is 16.5 Å². The maximum absolute atomic E-state index is 10.3. The van der Waals surface area contributed by atoms with Crippen LogP contribution in [0.2, 0.25) is 0 Å². The number of nitrogens with zero attached hydrogens (tertiary/aromatic N) is 2. The first-order valence-electron chi connectivity index (χ1n) is 2.37. The molecule has 0 atom stereocenters. The summed E-state index contributed by atoms with van der Waals surface area (Å²) in [6.07, 6.45) is 0. The predicted octanol–water partition coefficient (Wildman–Crippen LogP) is 0.307. The molecule has 0 aromatic heterocycles. The summed E-state index contributed by atoms with van der Waals surface area (Å²) in [5.41, 5.74) is 1.48. The SMILES string of the molecule is O=NNC(=O)N(O)CCCl. The molecule has 0 aliphatic heterocycles. The van der Waals surface area contributed by atoms with Crippen LogP contribution in [-0.4, -0.2) is 28.7 Å². The van der Waals surface area contributed by atoms with Crippen LogP contribution in [0.5, 0.6) is 0 Å². The van der Waals surface area contributed by atoms with Crippen LogP contribution in [0.1, 0.15) is 0 Å². The largest absolute Gasteiger partial charge is 0.364 e. The molecule has 0 spiro atoms. The Bertz CT molecular complexity index is 130. The number of nitroso groups, excluding NO2 is 1. The van der Waals surface area contributed by atoms with E-state index in [0.717, 1.165) is 0 Å². The summed E-state index contributed by atoms with van der Waals surface area (Å²) in [4.78, 5) is 19.7. The van der Waals surface area contributed by atoms with E-state index < -0.39 is 6.03 Å². The number of nitrogens with one attached hydrogen (secondary N) is 1. The van der Waals surface area contributed by atoms with E-state index in [1.807, 2.05) is 5.29 Å². The van der Waals surface area contributed by atoms with Gasteiger partial charge in [0, 0.05) is 5.88 Å². The summed E-state index contributed by atoms with van der Waals surface area (Å²) in [6.45, 7) is -0.0527. The van der Waals surface area contributed by atoms with Crippen LogP contribution in [-0.2, 0) is 0 Å². The standard InChI is InChI=1S/C3H6ClN3O3/c4-1-2-7(10)3(8)5-6-9/h10H,1-2H2,(H,5,8,9). The van der Waals surface area contributed by atoms with E-state index in [1.165, 1.54) is 5.43 Å². The number of urea groups is 1. The first kappa shape index (κ1) is 9.12. The first-order chi connectivity index (χ1) is 4.72. The predicted molar refractivity (Wildman–Crippen MR) is 33.5 cm³/mol. The maximum atomic E-state index is 10.3. The normalized spacial score (nSPS) is 8.60. The quantitative estimate of drug-likeness (QED) is 0.275. The summed E-state index contributed by atoms with van der Waals surface area (Å²) in [7, 11) is 0. The molecule has 0 saturated heterocycles. The van der Waals surface area contributed by atoms with Crippen molar-refractivity contribution in [3.05, 3.63) is 4.91 Å². The van der Waals surface area contributed by atoms with Gasteiger partial charge < -0.3 is 0 Å². The second kappa shape index (κ2) is 4.95. The molecule has 0 heterocycles. The number of amides is 2. The van der Waals surface area contributed by atoms with Crippen molar-refractivity contribution in [3.8, 4) is 0 Å². The fraction of sp³-hybridized carbons (Fsp3) is 0.667. The Kier molecular flexibility index (Phi) is 4.51. The highest BCUT2D eigenvalue weighted by molar-refractivity contribution is 6.18. The summed E-state index contributed by atoms with van der Waals surface area (Å²) in [5, 5.41) is 10.9. The Balaban J connectivity index is 3.58. The van der Waals surface area contributed by atoms with Crippen LogP contribution in [0.4, 0.5) is 4.79 Å². The highest BCUT2D eigenvalue weighted by atomic mass is 35.5. The van der Waals surface area contributed by atoms with E-state index in [9.17, 15) is 9.70 Å². The van der Waals surface area contributed by atoms with Gasteiger partial charge in [0.15, 0.2) is 0 Å². The second-order valence-electron chi connectivity index (χ2n) is 1.32. The van der Waals surface area contributed by atoms with Crippen molar-refractivity contribution in [2.75, 3.05) is 12.4 Å². The third-order valence-corrected chi connectivity index (χ3v) is 0.841. The Morgan fingerprint density at radius 1 is 1.80 bits per heavy atom. The molecule has 2 N–H and O–H groups in total. The highest BCUT2D eigenvalue weighted by Crippen LogP contribution is 1.84. The van der Waals surface area contributed by atoms with Gasteiger partial charge in [-0.1, -0.05) is 0 Å². The van der Waals surface area contributed by atoms with Gasteiger partial charge >= 0.3 is 6.03 Å². The zero-order valence-corrected chi connectivity index (χ0v) is 5.71. The van der Waals surface area contributed by atoms with E-state index in [4.69, 9.17) is 16.8 Å². The van der Waals surface area contributed by atoms with E-state index in [0.29, 0.717) is 0 Å². The van der Waals surface area contributed by atoms with Gasteiger partial charge in [0.05, 0.1) is 11.8 Å². The number of halogens is 1. The number of hydrogen-bond acceptors (Lipinski definition) is 4. The van der Waals surface area contributed by atoms with Crippen LogP contribution < -0.4 is 5.43 Å². The van der Waals surface area contributed by atoms with Gasteiger partial charge in [0.1, 0.15) is 0 Å². The Morgan fingerprint density at radius 3 is 2.80 bits per heavy atom.